The van der Waals surface area contributed by atoms with Crippen LogP contribution in [0.5, 0.6) is 0 Å². The van der Waals surface area contributed by atoms with Crippen LogP contribution in [0.3, 0.4) is 0 Å². The van der Waals surface area contributed by atoms with Gasteiger partial charge in [0.15, 0.2) is 0 Å². The van der Waals surface area contributed by atoms with Gasteiger partial charge in [-0.15, -0.1) is 0 Å². The number of amides is 2. The van der Waals surface area contributed by atoms with Gasteiger partial charge < -0.3 is 5.73 Å². The van der Waals surface area contributed by atoms with Crippen LogP contribution in [0.2, 0.25) is 0 Å². The number of hydrazine groups is 1. The molecule has 0 unspecified atom stereocenters. The van der Waals surface area contributed by atoms with Crippen molar-refractivity contribution < 1.29 is 4.79 Å². The Morgan fingerprint density at radius 1 is 1.42 bits per heavy atom. The van der Waals surface area contributed by atoms with E-state index in [4.69, 9.17) is 5.73 Å². The molecule has 1 aliphatic rings. The first-order valence-corrected chi connectivity index (χ1v) is 4.14. The molecule has 1 aliphatic heterocycles. The Morgan fingerprint density at radius 2 is 2.25 bits per heavy atom. The second kappa shape index (κ2) is 4.58. The Balaban J connectivity index is 2.28. The molecule has 0 bridgehead atoms. The molecule has 0 aliphatic carbocycles. The van der Waals surface area contributed by atoms with Crippen LogP contribution in [0, 0.1) is 0 Å². The second-order valence-corrected chi connectivity index (χ2v) is 2.75. The number of amidine groups is 1. The van der Waals surface area contributed by atoms with Crippen molar-refractivity contribution in [2.75, 3.05) is 6.54 Å². The Hall–Kier alpha value is -1.26. The summed E-state index contributed by atoms with van der Waals surface area (Å²) in [5, 5.41) is 0. The van der Waals surface area contributed by atoms with Crippen molar-refractivity contribution in [1.29, 1.82) is 0 Å². The number of rotatable bonds is 0. The highest BCUT2D eigenvalue weighted by Gasteiger charge is 2.03. The van der Waals surface area contributed by atoms with Crippen molar-refractivity contribution in [2.45, 2.75) is 25.7 Å². The van der Waals surface area contributed by atoms with Crippen LogP contribution in [0.15, 0.2) is 4.99 Å². The second-order valence-electron chi connectivity index (χ2n) is 2.75. The van der Waals surface area contributed by atoms with Gasteiger partial charge in [0.05, 0.1) is 0 Å². The van der Waals surface area contributed by atoms with E-state index in [0.717, 1.165) is 31.6 Å². The average molecular weight is 170 g/mol. The van der Waals surface area contributed by atoms with Gasteiger partial charge in [0.25, 0.3) is 0 Å². The number of aliphatic imine (C=N–C) groups is 1. The highest BCUT2D eigenvalue weighted by Crippen LogP contribution is 2.05. The lowest BCUT2D eigenvalue weighted by molar-refractivity contribution is 0.247. The molecule has 0 spiro atoms. The van der Waals surface area contributed by atoms with Crippen LogP contribution < -0.4 is 16.6 Å². The molecule has 0 aromatic carbocycles. The minimum Gasteiger partial charge on any atom is -0.350 e. The Kier molecular flexibility index (Phi) is 3.37. The van der Waals surface area contributed by atoms with Crippen molar-refractivity contribution >= 4 is 11.9 Å². The first-order chi connectivity index (χ1) is 5.79. The van der Waals surface area contributed by atoms with Gasteiger partial charge in [-0.05, 0) is 12.8 Å². The standard InChI is InChI=1S/C7H14N4O/c8-7(12)11-10-6-4-2-1-3-5-9-6/h1-5H2,(H,9,10)(H3,8,11,12). The van der Waals surface area contributed by atoms with Crippen molar-refractivity contribution in [3.8, 4) is 0 Å². The number of urea groups is 1. The fourth-order valence-corrected chi connectivity index (χ4v) is 1.11. The molecule has 5 heteroatoms. The molecular weight excluding hydrogens is 156 g/mol. The molecule has 1 heterocycles. The largest absolute Gasteiger partial charge is 0.350 e. The molecule has 0 fully saturated rings. The van der Waals surface area contributed by atoms with Gasteiger partial charge in [0, 0.05) is 13.0 Å². The van der Waals surface area contributed by atoms with Gasteiger partial charge in [-0.2, -0.15) is 0 Å². The van der Waals surface area contributed by atoms with Crippen LogP contribution >= 0.6 is 0 Å². The third kappa shape index (κ3) is 3.23. The quantitative estimate of drug-likeness (QED) is 0.452. The van der Waals surface area contributed by atoms with Crippen LogP contribution in [0.25, 0.3) is 0 Å². The van der Waals surface area contributed by atoms with Gasteiger partial charge >= 0.3 is 6.03 Å². The van der Waals surface area contributed by atoms with Gasteiger partial charge in [-0.25, -0.2) is 4.79 Å². The number of primary amides is 1. The Morgan fingerprint density at radius 3 is 3.00 bits per heavy atom. The van der Waals surface area contributed by atoms with Crippen molar-refractivity contribution in [1.82, 2.24) is 10.9 Å². The van der Waals surface area contributed by atoms with Gasteiger partial charge in [0.2, 0.25) is 0 Å². The van der Waals surface area contributed by atoms with Gasteiger partial charge in [0.1, 0.15) is 5.84 Å². The SMILES string of the molecule is NC(=O)NNC1=NCCCCC1. The van der Waals surface area contributed by atoms with E-state index in [9.17, 15) is 4.79 Å². The normalized spacial score (nSPS) is 17.5. The number of hydrogen-bond acceptors (Lipinski definition) is 3. The fourth-order valence-electron chi connectivity index (χ4n) is 1.11. The first kappa shape index (κ1) is 8.83. The average Bonchev–Trinajstić information content (AvgIpc) is 2.28. The van der Waals surface area contributed by atoms with Gasteiger partial charge in [-0.1, -0.05) is 6.42 Å². The Bertz CT molecular complexity index is 190. The lowest BCUT2D eigenvalue weighted by atomic mass is 10.2. The molecule has 4 N–H and O–H groups in total. The molecular formula is C7H14N4O. The zero-order chi connectivity index (χ0) is 8.81. The molecule has 1 rings (SSSR count). The number of nitrogens with zero attached hydrogens (tertiary/aromatic N) is 1. The zero-order valence-corrected chi connectivity index (χ0v) is 6.97. The van der Waals surface area contributed by atoms with Crippen molar-refractivity contribution in [3.63, 3.8) is 0 Å². The number of nitrogens with one attached hydrogen (secondary N) is 2. The van der Waals surface area contributed by atoms with Crippen LogP contribution in [0.4, 0.5) is 4.79 Å². The van der Waals surface area contributed by atoms with E-state index < -0.39 is 6.03 Å². The highest BCUT2D eigenvalue weighted by atomic mass is 16.2. The number of nitrogens with two attached hydrogens (primary N) is 1. The summed E-state index contributed by atoms with van der Waals surface area (Å²) >= 11 is 0. The van der Waals surface area contributed by atoms with E-state index in [0.29, 0.717) is 0 Å². The van der Waals surface area contributed by atoms with Crippen LogP contribution in [0.1, 0.15) is 25.7 Å². The van der Waals surface area contributed by atoms with Crippen LogP contribution in [-0.2, 0) is 0 Å². The third-order valence-electron chi connectivity index (χ3n) is 1.70. The summed E-state index contributed by atoms with van der Waals surface area (Å²) in [5.74, 6) is 0.825. The molecule has 0 aromatic rings. The zero-order valence-electron chi connectivity index (χ0n) is 6.97. The number of carbonyl (C=O) groups excluding carboxylic acids is 1. The number of hydrogen-bond donors (Lipinski definition) is 3. The molecule has 68 valence electrons. The lowest BCUT2D eigenvalue weighted by Gasteiger charge is -2.06. The van der Waals surface area contributed by atoms with Gasteiger partial charge in [-0.3, -0.25) is 15.8 Å². The molecule has 0 atom stereocenters. The molecule has 0 aromatic heterocycles. The summed E-state index contributed by atoms with van der Waals surface area (Å²) in [7, 11) is 0. The molecule has 0 radical (unpaired) electrons. The minimum atomic E-state index is -0.582. The van der Waals surface area contributed by atoms with Crippen molar-refractivity contribution in [3.05, 3.63) is 0 Å². The summed E-state index contributed by atoms with van der Waals surface area (Å²) in [4.78, 5) is 14.6. The van der Waals surface area contributed by atoms with E-state index in [1.807, 2.05) is 0 Å². The molecule has 5 nitrogen and oxygen atoms in total. The maximum absolute atomic E-state index is 10.3. The predicted octanol–water partition coefficient (Wildman–Crippen LogP) is 0.132. The monoisotopic (exact) mass is 170 g/mol. The molecule has 12 heavy (non-hydrogen) atoms. The van der Waals surface area contributed by atoms with E-state index >= 15 is 0 Å². The summed E-state index contributed by atoms with van der Waals surface area (Å²) in [5.41, 5.74) is 9.87. The maximum atomic E-state index is 10.3. The van der Waals surface area contributed by atoms with E-state index in [1.165, 1.54) is 6.42 Å². The third-order valence-corrected chi connectivity index (χ3v) is 1.70. The highest BCUT2D eigenvalue weighted by molar-refractivity contribution is 5.84. The summed E-state index contributed by atoms with van der Waals surface area (Å²) in [6.45, 7) is 0.836. The molecule has 0 saturated heterocycles. The fraction of sp³-hybridized carbons (Fsp3) is 0.714. The first-order valence-electron chi connectivity index (χ1n) is 4.14. The summed E-state index contributed by atoms with van der Waals surface area (Å²) < 4.78 is 0. The Labute approximate surface area is 71.4 Å². The topological polar surface area (TPSA) is 79.5 Å². The summed E-state index contributed by atoms with van der Waals surface area (Å²) in [6, 6.07) is -0.582. The maximum Gasteiger partial charge on any atom is 0.330 e. The lowest BCUT2D eigenvalue weighted by Crippen LogP contribution is -2.44. The number of carbonyl (C=O) groups is 1. The molecule has 2 amide bonds. The van der Waals surface area contributed by atoms with E-state index in [1.54, 1.807) is 0 Å². The van der Waals surface area contributed by atoms with Crippen LogP contribution in [-0.4, -0.2) is 18.4 Å². The minimum absolute atomic E-state index is 0.582. The van der Waals surface area contributed by atoms with E-state index in [-0.39, 0.29) is 0 Å². The van der Waals surface area contributed by atoms with E-state index in [2.05, 4.69) is 15.8 Å². The smallest absolute Gasteiger partial charge is 0.330 e. The predicted molar refractivity (Wildman–Crippen MR) is 46.6 cm³/mol. The molecule has 0 saturated carbocycles. The van der Waals surface area contributed by atoms with Crippen molar-refractivity contribution in [2.24, 2.45) is 10.7 Å². The summed E-state index contributed by atoms with van der Waals surface area (Å²) in [6.07, 6.45) is 4.33.